The molecule has 0 aromatic heterocycles. The molecule has 0 aliphatic heterocycles. The molecule has 2 aromatic carbocycles. The normalized spacial score (nSPS) is 11.0. The summed E-state index contributed by atoms with van der Waals surface area (Å²) in [6, 6.07) is 15.9. The number of nitro groups is 1. The summed E-state index contributed by atoms with van der Waals surface area (Å²) in [5.41, 5.74) is 4.64. The van der Waals surface area contributed by atoms with E-state index in [-0.39, 0.29) is 5.69 Å². The molecule has 108 valence electrons. The minimum atomic E-state index is -0.428. The highest BCUT2D eigenvalue weighted by Crippen LogP contribution is 2.15. The number of anilines is 1. The van der Waals surface area contributed by atoms with Crippen LogP contribution in [0.2, 0.25) is 0 Å². The SMILES string of the molecule is CN(C)/C(=N/Nc1ccc([N+](=O)[O-])cc1)c1ccccc1. The van der Waals surface area contributed by atoms with E-state index in [4.69, 9.17) is 0 Å². The molecule has 0 spiro atoms. The van der Waals surface area contributed by atoms with Crippen LogP contribution in [0.15, 0.2) is 59.7 Å². The molecular formula is C15H16N4O2. The van der Waals surface area contributed by atoms with Gasteiger partial charge in [0.05, 0.1) is 10.6 Å². The minimum Gasteiger partial charge on any atom is -0.361 e. The Morgan fingerprint density at radius 3 is 2.24 bits per heavy atom. The number of rotatable bonds is 4. The Morgan fingerprint density at radius 2 is 1.71 bits per heavy atom. The van der Waals surface area contributed by atoms with Gasteiger partial charge in [-0.1, -0.05) is 30.3 Å². The average Bonchev–Trinajstić information content (AvgIpc) is 2.48. The van der Waals surface area contributed by atoms with Crippen LogP contribution in [0.3, 0.4) is 0 Å². The fourth-order valence-electron chi connectivity index (χ4n) is 1.79. The van der Waals surface area contributed by atoms with Gasteiger partial charge in [0.25, 0.3) is 5.69 Å². The maximum Gasteiger partial charge on any atom is 0.269 e. The molecule has 0 unspecified atom stereocenters. The first-order valence-corrected chi connectivity index (χ1v) is 6.39. The minimum absolute atomic E-state index is 0.0559. The van der Waals surface area contributed by atoms with Crippen LogP contribution in [-0.4, -0.2) is 29.8 Å². The Bertz CT molecular complexity index is 636. The maximum absolute atomic E-state index is 10.6. The second-order valence-corrected chi connectivity index (χ2v) is 4.61. The zero-order valence-corrected chi connectivity index (χ0v) is 11.9. The summed E-state index contributed by atoms with van der Waals surface area (Å²) in [7, 11) is 3.81. The van der Waals surface area contributed by atoms with Crippen molar-refractivity contribution in [1.82, 2.24) is 4.90 Å². The van der Waals surface area contributed by atoms with E-state index in [1.807, 2.05) is 49.3 Å². The summed E-state index contributed by atoms with van der Waals surface area (Å²) in [6.45, 7) is 0. The first-order chi connectivity index (χ1) is 10.1. The van der Waals surface area contributed by atoms with Gasteiger partial charge in [-0.2, -0.15) is 5.10 Å². The van der Waals surface area contributed by atoms with Crippen LogP contribution in [-0.2, 0) is 0 Å². The van der Waals surface area contributed by atoms with E-state index in [1.54, 1.807) is 12.1 Å². The summed E-state index contributed by atoms with van der Waals surface area (Å²) in [5.74, 6) is 0.772. The molecule has 0 saturated heterocycles. The van der Waals surface area contributed by atoms with Gasteiger partial charge in [0, 0.05) is 31.8 Å². The van der Waals surface area contributed by atoms with Crippen LogP contribution in [0.1, 0.15) is 5.56 Å². The van der Waals surface area contributed by atoms with Gasteiger partial charge < -0.3 is 4.90 Å². The van der Waals surface area contributed by atoms with Crippen molar-refractivity contribution >= 4 is 17.2 Å². The Labute approximate surface area is 122 Å². The van der Waals surface area contributed by atoms with Gasteiger partial charge in [-0.15, -0.1) is 0 Å². The number of nitrogens with one attached hydrogen (secondary N) is 1. The van der Waals surface area contributed by atoms with Crippen LogP contribution in [0.4, 0.5) is 11.4 Å². The number of non-ortho nitro benzene ring substituents is 1. The molecule has 0 bridgehead atoms. The molecule has 2 rings (SSSR count). The molecule has 0 atom stereocenters. The number of hydrazone groups is 1. The first-order valence-electron chi connectivity index (χ1n) is 6.39. The number of nitrogens with zero attached hydrogens (tertiary/aromatic N) is 3. The number of hydrogen-bond donors (Lipinski definition) is 1. The molecular weight excluding hydrogens is 268 g/mol. The predicted octanol–water partition coefficient (Wildman–Crippen LogP) is 2.93. The zero-order valence-electron chi connectivity index (χ0n) is 11.9. The van der Waals surface area contributed by atoms with Gasteiger partial charge in [-0.05, 0) is 12.1 Å². The zero-order chi connectivity index (χ0) is 15.2. The third-order valence-corrected chi connectivity index (χ3v) is 2.82. The van der Waals surface area contributed by atoms with Crippen LogP contribution >= 0.6 is 0 Å². The van der Waals surface area contributed by atoms with Gasteiger partial charge in [0.1, 0.15) is 0 Å². The Hall–Kier alpha value is -2.89. The van der Waals surface area contributed by atoms with Crippen LogP contribution < -0.4 is 5.43 Å². The molecule has 0 fully saturated rings. The Balaban J connectivity index is 2.19. The lowest BCUT2D eigenvalue weighted by Gasteiger charge is -2.16. The average molecular weight is 284 g/mol. The van der Waals surface area contributed by atoms with Crippen molar-refractivity contribution in [1.29, 1.82) is 0 Å². The molecule has 0 amide bonds. The van der Waals surface area contributed by atoms with Crippen molar-refractivity contribution in [2.24, 2.45) is 5.10 Å². The quantitative estimate of drug-likeness (QED) is 0.405. The lowest BCUT2D eigenvalue weighted by molar-refractivity contribution is -0.384. The molecule has 1 N–H and O–H groups in total. The second kappa shape index (κ2) is 6.51. The first kappa shape index (κ1) is 14.5. The molecule has 0 saturated carbocycles. The van der Waals surface area contributed by atoms with E-state index >= 15 is 0 Å². The fraction of sp³-hybridized carbons (Fsp3) is 0.133. The number of nitro benzene ring substituents is 1. The molecule has 6 heteroatoms. The van der Waals surface area contributed by atoms with Crippen molar-refractivity contribution in [3.63, 3.8) is 0 Å². The summed E-state index contributed by atoms with van der Waals surface area (Å²) < 4.78 is 0. The third-order valence-electron chi connectivity index (χ3n) is 2.82. The highest BCUT2D eigenvalue weighted by molar-refractivity contribution is 5.98. The molecule has 6 nitrogen and oxygen atoms in total. The fourth-order valence-corrected chi connectivity index (χ4v) is 1.79. The second-order valence-electron chi connectivity index (χ2n) is 4.61. The monoisotopic (exact) mass is 284 g/mol. The van der Waals surface area contributed by atoms with E-state index in [2.05, 4.69) is 10.5 Å². The van der Waals surface area contributed by atoms with Crippen molar-refractivity contribution < 1.29 is 4.92 Å². The number of benzene rings is 2. The molecule has 0 radical (unpaired) electrons. The predicted molar refractivity (Wildman–Crippen MR) is 83.4 cm³/mol. The lowest BCUT2D eigenvalue weighted by atomic mass is 10.2. The van der Waals surface area contributed by atoms with E-state index in [1.165, 1.54) is 12.1 Å². The maximum atomic E-state index is 10.6. The van der Waals surface area contributed by atoms with E-state index in [9.17, 15) is 10.1 Å². The van der Waals surface area contributed by atoms with Gasteiger partial charge in [-0.3, -0.25) is 15.5 Å². The van der Waals surface area contributed by atoms with E-state index in [0.717, 1.165) is 11.4 Å². The van der Waals surface area contributed by atoms with Crippen LogP contribution in [0.25, 0.3) is 0 Å². The van der Waals surface area contributed by atoms with Gasteiger partial charge in [-0.25, -0.2) is 0 Å². The molecule has 21 heavy (non-hydrogen) atoms. The van der Waals surface area contributed by atoms with Gasteiger partial charge >= 0.3 is 0 Å². The van der Waals surface area contributed by atoms with Gasteiger partial charge in [0.2, 0.25) is 0 Å². The molecule has 2 aromatic rings. The lowest BCUT2D eigenvalue weighted by Crippen LogP contribution is -2.24. The van der Waals surface area contributed by atoms with Crippen molar-refractivity contribution in [2.45, 2.75) is 0 Å². The summed E-state index contributed by atoms with van der Waals surface area (Å²) >= 11 is 0. The van der Waals surface area contributed by atoms with E-state index in [0.29, 0.717) is 5.69 Å². The Kier molecular flexibility index (Phi) is 4.50. The molecule has 0 heterocycles. The third kappa shape index (κ3) is 3.79. The molecule has 0 aliphatic carbocycles. The van der Waals surface area contributed by atoms with Gasteiger partial charge in [0.15, 0.2) is 5.84 Å². The van der Waals surface area contributed by atoms with Crippen molar-refractivity contribution in [3.8, 4) is 0 Å². The van der Waals surface area contributed by atoms with Crippen LogP contribution in [0, 0.1) is 10.1 Å². The number of amidine groups is 1. The summed E-state index contributed by atoms with van der Waals surface area (Å²) in [5, 5.41) is 15.0. The highest BCUT2D eigenvalue weighted by Gasteiger charge is 2.06. The van der Waals surface area contributed by atoms with Crippen LogP contribution in [0.5, 0.6) is 0 Å². The largest absolute Gasteiger partial charge is 0.361 e. The molecule has 0 aliphatic rings. The number of hydrogen-bond acceptors (Lipinski definition) is 4. The topological polar surface area (TPSA) is 70.8 Å². The van der Waals surface area contributed by atoms with Crippen molar-refractivity contribution in [3.05, 3.63) is 70.3 Å². The Morgan fingerprint density at radius 1 is 1.10 bits per heavy atom. The van der Waals surface area contributed by atoms with E-state index < -0.39 is 4.92 Å². The summed E-state index contributed by atoms with van der Waals surface area (Å²) in [4.78, 5) is 12.1. The standard InChI is InChI=1S/C15H16N4O2/c1-18(2)15(12-6-4-3-5-7-12)17-16-13-8-10-14(11-9-13)19(20)21/h3-11,16H,1-2H3/b17-15+. The van der Waals surface area contributed by atoms with Crippen molar-refractivity contribution in [2.75, 3.05) is 19.5 Å². The highest BCUT2D eigenvalue weighted by atomic mass is 16.6. The smallest absolute Gasteiger partial charge is 0.269 e. The summed E-state index contributed by atoms with van der Waals surface area (Å²) in [6.07, 6.45) is 0.